The summed E-state index contributed by atoms with van der Waals surface area (Å²) in [6.45, 7) is 0. The average Bonchev–Trinajstić information content (AvgIpc) is 0. The van der Waals surface area contributed by atoms with E-state index in [1.54, 1.807) is 0 Å². The molecule has 0 aliphatic rings. The molecule has 0 rings (SSSR count). The molecule has 0 unspecified atom stereocenters. The molecule has 0 bridgehead atoms. The zero-order chi connectivity index (χ0) is 0. The molecule has 0 aromatic heterocycles. The second-order valence-electron chi connectivity index (χ2n) is 0. The van der Waals surface area contributed by atoms with Crippen LogP contribution in [-0.2, 0) is 19.5 Å². The molecule has 2 nitrogen and oxygen atoms in total. The molecule has 5 heteroatoms. The zero-order valence-corrected chi connectivity index (χ0v) is 5.51. The van der Waals surface area contributed by atoms with Crippen LogP contribution in [0.5, 0.6) is 0 Å². The minimum absolute atomic E-state index is 0. The first-order valence-electron chi connectivity index (χ1n) is 0. The minimum Gasteiger partial charge on any atom is -1.00 e. The van der Waals surface area contributed by atoms with Gasteiger partial charge in [0, 0.05) is 0 Å². The third-order valence-corrected chi connectivity index (χ3v) is 0. The Morgan fingerprint density at radius 2 is 0.800 bits per heavy atom. The normalized spacial score (nSPS) is 0. The summed E-state index contributed by atoms with van der Waals surface area (Å²) >= 11 is 0. The third-order valence-electron chi connectivity index (χ3n) is 0. The van der Waals surface area contributed by atoms with Gasteiger partial charge in [0.1, 0.15) is 0 Å². The predicted molar refractivity (Wildman–Crippen MR) is 6.96 cm³/mol. The first kappa shape index (κ1) is 127. The fraction of sp³-hybridized carbons (Fsp3) is 0. The molecule has 37 valence electrons. The van der Waals surface area contributed by atoms with Crippen molar-refractivity contribution in [1.29, 1.82) is 0 Å². The molecule has 0 aliphatic heterocycles. The van der Waals surface area contributed by atoms with E-state index >= 15 is 0 Å². The van der Waals surface area contributed by atoms with E-state index in [4.69, 9.17) is 0 Å². The zero-order valence-electron chi connectivity index (χ0n) is 2.26. The molecular weight excluding hydrogens is 202 g/mol. The molecule has 0 atom stereocenters. The van der Waals surface area contributed by atoms with Crippen LogP contribution in [0.15, 0.2) is 0 Å². The summed E-state index contributed by atoms with van der Waals surface area (Å²) in [5.74, 6) is 0. The second kappa shape index (κ2) is 69.0. The van der Waals surface area contributed by atoms with Crippen molar-refractivity contribution in [2.75, 3.05) is 0 Å². The molecule has 0 aromatic carbocycles. The standard InChI is InChI=1S/2ClH.H3N.H2O.Ru/h2*1H;1H3;1H2;/q;;;;+3/p-3. The monoisotopic (exact) mass is 206 g/mol. The molecule has 1 radical (unpaired) electrons. The van der Waals surface area contributed by atoms with E-state index < -0.39 is 0 Å². The Morgan fingerprint density at radius 1 is 0.800 bits per heavy atom. The van der Waals surface area contributed by atoms with E-state index in [1.807, 2.05) is 0 Å². The molecule has 0 aliphatic carbocycles. The van der Waals surface area contributed by atoms with Crippen LogP contribution in [0.4, 0.5) is 0 Å². The number of halogens is 2. The van der Waals surface area contributed by atoms with E-state index in [9.17, 15) is 0 Å². The Kier molecular flexibility index (Phi) is 1760. The largest absolute Gasteiger partial charge is 3.00 e. The van der Waals surface area contributed by atoms with Gasteiger partial charge in [0.25, 0.3) is 0 Å². The maximum Gasteiger partial charge on any atom is 3.00 e. The van der Waals surface area contributed by atoms with Crippen LogP contribution in [-0.4, -0.2) is 5.48 Å². The number of hydrogen-bond acceptors (Lipinski definition) is 2. The first-order valence-corrected chi connectivity index (χ1v) is 0. The van der Waals surface area contributed by atoms with Crippen molar-refractivity contribution in [1.82, 2.24) is 6.15 Å². The van der Waals surface area contributed by atoms with Gasteiger partial charge >= 0.3 is 19.5 Å². The van der Waals surface area contributed by atoms with Crippen LogP contribution in [0.3, 0.4) is 0 Å². The van der Waals surface area contributed by atoms with Crippen LogP contribution < -0.4 is 31.0 Å². The van der Waals surface area contributed by atoms with Gasteiger partial charge in [-0.2, -0.15) is 0 Å². The maximum absolute atomic E-state index is 0. The van der Waals surface area contributed by atoms with Gasteiger partial charge in [-0.15, -0.1) is 0 Å². The molecule has 0 saturated carbocycles. The van der Waals surface area contributed by atoms with Gasteiger partial charge in [-0.1, -0.05) is 0 Å². The predicted octanol–water partition coefficient (Wildman–Crippen LogP) is -6.01. The van der Waals surface area contributed by atoms with Crippen LogP contribution >= 0.6 is 0 Å². The van der Waals surface area contributed by atoms with Gasteiger partial charge in [-0.3, -0.25) is 0 Å². The SMILES string of the molecule is N.[Cl-].[Cl-].[OH-].[Ru+3]. The Bertz CT molecular complexity index is 9.61. The molecule has 4 N–H and O–H groups in total. The van der Waals surface area contributed by atoms with E-state index in [2.05, 4.69) is 0 Å². The second-order valence-corrected chi connectivity index (χ2v) is 0. The molecule has 0 aromatic rings. The van der Waals surface area contributed by atoms with Crippen molar-refractivity contribution in [3.63, 3.8) is 0 Å². The number of rotatable bonds is 0. The van der Waals surface area contributed by atoms with E-state index in [-0.39, 0.29) is 55.9 Å². The summed E-state index contributed by atoms with van der Waals surface area (Å²) in [6.07, 6.45) is 0. The summed E-state index contributed by atoms with van der Waals surface area (Å²) in [5.41, 5.74) is 0. The molecule has 0 fully saturated rings. The van der Waals surface area contributed by atoms with Crippen molar-refractivity contribution in [2.24, 2.45) is 0 Å². The van der Waals surface area contributed by atoms with Crippen LogP contribution in [0.2, 0.25) is 0 Å². The Hall–Kier alpha value is 1.12. The van der Waals surface area contributed by atoms with Crippen molar-refractivity contribution in [3.05, 3.63) is 0 Å². The minimum atomic E-state index is 0. The van der Waals surface area contributed by atoms with Gasteiger partial charge < -0.3 is 36.4 Å². The van der Waals surface area contributed by atoms with Crippen molar-refractivity contribution < 1.29 is 49.8 Å². The summed E-state index contributed by atoms with van der Waals surface area (Å²) in [4.78, 5) is 0. The van der Waals surface area contributed by atoms with Gasteiger partial charge in [-0.05, 0) is 0 Å². The summed E-state index contributed by atoms with van der Waals surface area (Å²) in [6, 6.07) is 0. The van der Waals surface area contributed by atoms with Gasteiger partial charge in [0.2, 0.25) is 0 Å². The Morgan fingerprint density at radius 3 is 0.800 bits per heavy atom. The topological polar surface area (TPSA) is 65.0 Å². The molecule has 0 heterocycles. The van der Waals surface area contributed by atoms with Crippen LogP contribution in [0, 0.1) is 0 Å². The van der Waals surface area contributed by atoms with Crippen LogP contribution in [0.1, 0.15) is 0 Å². The summed E-state index contributed by atoms with van der Waals surface area (Å²) in [7, 11) is 0. The summed E-state index contributed by atoms with van der Waals surface area (Å²) < 4.78 is 0. The fourth-order valence-corrected chi connectivity index (χ4v) is 0. The Balaban J connectivity index is 0. The van der Waals surface area contributed by atoms with E-state index in [0.717, 1.165) is 0 Å². The van der Waals surface area contributed by atoms with Gasteiger partial charge in [-0.25, -0.2) is 0 Å². The first-order chi connectivity index (χ1) is 0. The van der Waals surface area contributed by atoms with E-state index in [1.165, 1.54) is 0 Å². The quantitative estimate of drug-likeness (QED) is 0.401. The van der Waals surface area contributed by atoms with E-state index in [0.29, 0.717) is 0 Å². The molecule has 0 amide bonds. The number of hydrogen-bond donors (Lipinski definition) is 1. The van der Waals surface area contributed by atoms with Crippen molar-refractivity contribution in [3.8, 4) is 0 Å². The van der Waals surface area contributed by atoms with Crippen LogP contribution in [0.25, 0.3) is 0 Å². The Labute approximate surface area is 56.2 Å². The van der Waals surface area contributed by atoms with Crippen molar-refractivity contribution in [2.45, 2.75) is 0 Å². The smallest absolute Gasteiger partial charge is 1.00 e. The fourth-order valence-electron chi connectivity index (χ4n) is 0. The molecule has 0 spiro atoms. The summed E-state index contributed by atoms with van der Waals surface area (Å²) in [5, 5.41) is 0. The third kappa shape index (κ3) is 39.6. The maximum atomic E-state index is 0. The molecular formula is H4Cl2NORu. The van der Waals surface area contributed by atoms with Gasteiger partial charge in [0.15, 0.2) is 0 Å². The average molecular weight is 206 g/mol. The molecule has 0 saturated heterocycles. The van der Waals surface area contributed by atoms with Crippen molar-refractivity contribution >= 4 is 0 Å². The molecule has 5 heavy (non-hydrogen) atoms. The van der Waals surface area contributed by atoms with Gasteiger partial charge in [0.05, 0.1) is 0 Å².